The average Bonchev–Trinajstić information content (AvgIpc) is 2.21. The molecule has 0 aromatic heterocycles. The molecule has 0 amide bonds. The Labute approximate surface area is 104 Å². The highest BCUT2D eigenvalue weighted by Crippen LogP contribution is 2.31. The van der Waals surface area contributed by atoms with Gasteiger partial charge in [0.1, 0.15) is 0 Å². The summed E-state index contributed by atoms with van der Waals surface area (Å²) >= 11 is 7.13. The fourth-order valence-electron chi connectivity index (χ4n) is 2.13. The Morgan fingerprint density at radius 1 is 1.21 bits per heavy atom. The smallest absolute Gasteiger partial charge is 0.0556 e. The van der Waals surface area contributed by atoms with E-state index in [2.05, 4.69) is 31.9 Å². The SMILES string of the molecule is OCC(Br)CCCC1CCC(Br)CC1. The van der Waals surface area contributed by atoms with Gasteiger partial charge in [-0.2, -0.15) is 0 Å². The highest BCUT2D eigenvalue weighted by atomic mass is 79.9. The summed E-state index contributed by atoms with van der Waals surface area (Å²) in [5.41, 5.74) is 0. The summed E-state index contributed by atoms with van der Waals surface area (Å²) in [6.45, 7) is 0.272. The first kappa shape index (κ1) is 13.0. The van der Waals surface area contributed by atoms with Crippen molar-refractivity contribution in [3.8, 4) is 0 Å². The molecule has 0 radical (unpaired) electrons. The second-order valence-corrected chi connectivity index (χ2v) is 6.92. The van der Waals surface area contributed by atoms with Gasteiger partial charge in [0.2, 0.25) is 0 Å². The van der Waals surface area contributed by atoms with Crippen molar-refractivity contribution in [2.75, 3.05) is 6.61 Å². The van der Waals surface area contributed by atoms with Gasteiger partial charge in [0, 0.05) is 9.65 Å². The molecule has 1 atom stereocenters. The molecule has 0 aromatic carbocycles. The maximum Gasteiger partial charge on any atom is 0.0556 e. The second kappa shape index (κ2) is 7.24. The summed E-state index contributed by atoms with van der Waals surface area (Å²) in [6.07, 6.45) is 9.20. The molecule has 1 unspecified atom stereocenters. The molecule has 0 aliphatic heterocycles. The molecule has 1 rings (SSSR count). The Morgan fingerprint density at radius 3 is 2.43 bits per heavy atom. The van der Waals surface area contributed by atoms with Crippen molar-refractivity contribution in [1.82, 2.24) is 0 Å². The van der Waals surface area contributed by atoms with E-state index in [-0.39, 0.29) is 6.61 Å². The molecule has 1 aliphatic rings. The van der Waals surface area contributed by atoms with Crippen molar-refractivity contribution in [2.24, 2.45) is 5.92 Å². The Bertz CT molecular complexity index is 144. The van der Waals surface area contributed by atoms with Crippen LogP contribution in [0, 0.1) is 5.92 Å². The molecule has 84 valence electrons. The van der Waals surface area contributed by atoms with Crippen LogP contribution >= 0.6 is 31.9 Å². The fourth-order valence-corrected chi connectivity index (χ4v) is 2.98. The van der Waals surface area contributed by atoms with Crippen molar-refractivity contribution in [3.05, 3.63) is 0 Å². The van der Waals surface area contributed by atoms with Crippen LogP contribution < -0.4 is 0 Å². The lowest BCUT2D eigenvalue weighted by molar-refractivity contribution is 0.283. The summed E-state index contributed by atoms with van der Waals surface area (Å²) in [7, 11) is 0. The van der Waals surface area contributed by atoms with Crippen LogP contribution in [0.2, 0.25) is 0 Å². The van der Waals surface area contributed by atoms with Crippen molar-refractivity contribution in [1.29, 1.82) is 0 Å². The number of aliphatic hydroxyl groups excluding tert-OH is 1. The standard InChI is InChI=1S/C11H20Br2O/c12-10-6-4-9(5-7-10)2-1-3-11(13)8-14/h9-11,14H,1-8H2. The van der Waals surface area contributed by atoms with Gasteiger partial charge in [-0.1, -0.05) is 44.7 Å². The molecule has 1 N–H and O–H groups in total. The Kier molecular flexibility index (Phi) is 6.71. The molecule has 1 nitrogen and oxygen atoms in total. The molecule has 0 bridgehead atoms. The summed E-state index contributed by atoms with van der Waals surface area (Å²) in [4.78, 5) is 1.09. The lowest BCUT2D eigenvalue weighted by atomic mass is 9.85. The minimum Gasteiger partial charge on any atom is -0.395 e. The highest BCUT2D eigenvalue weighted by molar-refractivity contribution is 9.09. The molecule has 1 aliphatic carbocycles. The highest BCUT2D eigenvalue weighted by Gasteiger charge is 2.18. The average molecular weight is 328 g/mol. The molecular formula is C11H20Br2O. The van der Waals surface area contributed by atoms with Crippen LogP contribution in [0.3, 0.4) is 0 Å². The van der Waals surface area contributed by atoms with Gasteiger partial charge in [0.15, 0.2) is 0 Å². The largest absolute Gasteiger partial charge is 0.395 e. The van der Waals surface area contributed by atoms with Crippen LogP contribution in [0.5, 0.6) is 0 Å². The van der Waals surface area contributed by atoms with E-state index in [9.17, 15) is 0 Å². The van der Waals surface area contributed by atoms with Crippen molar-refractivity contribution >= 4 is 31.9 Å². The van der Waals surface area contributed by atoms with Crippen molar-refractivity contribution in [3.63, 3.8) is 0 Å². The van der Waals surface area contributed by atoms with Crippen LogP contribution in [0.1, 0.15) is 44.9 Å². The van der Waals surface area contributed by atoms with Gasteiger partial charge in [0.25, 0.3) is 0 Å². The zero-order valence-corrected chi connectivity index (χ0v) is 11.8. The van der Waals surface area contributed by atoms with E-state index in [1.807, 2.05) is 0 Å². The molecule has 0 saturated heterocycles. The Hall–Kier alpha value is 0.920. The van der Waals surface area contributed by atoms with E-state index >= 15 is 0 Å². The first-order valence-electron chi connectivity index (χ1n) is 5.61. The molecule has 0 heterocycles. The summed E-state index contributed by atoms with van der Waals surface area (Å²) in [6, 6.07) is 0. The van der Waals surface area contributed by atoms with Crippen molar-refractivity contribution in [2.45, 2.75) is 54.6 Å². The molecule has 1 saturated carbocycles. The van der Waals surface area contributed by atoms with E-state index in [1.54, 1.807) is 0 Å². The molecule has 14 heavy (non-hydrogen) atoms. The van der Waals surface area contributed by atoms with Gasteiger partial charge < -0.3 is 5.11 Å². The third kappa shape index (κ3) is 5.13. The van der Waals surface area contributed by atoms with Crippen molar-refractivity contribution < 1.29 is 5.11 Å². The van der Waals surface area contributed by atoms with Crippen LogP contribution in [0.25, 0.3) is 0 Å². The van der Waals surface area contributed by atoms with Gasteiger partial charge in [-0.25, -0.2) is 0 Å². The van der Waals surface area contributed by atoms with Crippen LogP contribution in [0.15, 0.2) is 0 Å². The molecule has 3 heteroatoms. The maximum absolute atomic E-state index is 8.85. The molecule has 0 spiro atoms. The Balaban J connectivity index is 2.02. The number of rotatable bonds is 5. The zero-order chi connectivity index (χ0) is 10.4. The van der Waals surface area contributed by atoms with Crippen LogP contribution in [0.4, 0.5) is 0 Å². The predicted octanol–water partition coefficient (Wildman–Crippen LogP) is 3.87. The monoisotopic (exact) mass is 326 g/mol. The zero-order valence-electron chi connectivity index (χ0n) is 8.59. The third-order valence-electron chi connectivity index (χ3n) is 3.10. The lowest BCUT2D eigenvalue weighted by Crippen LogP contribution is -2.14. The van der Waals surface area contributed by atoms with Gasteiger partial charge >= 0.3 is 0 Å². The summed E-state index contributed by atoms with van der Waals surface area (Å²) in [5.74, 6) is 0.946. The number of alkyl halides is 2. The molecule has 0 aromatic rings. The fraction of sp³-hybridized carbons (Fsp3) is 1.00. The second-order valence-electron chi connectivity index (χ2n) is 4.33. The van der Waals surface area contributed by atoms with Gasteiger partial charge in [-0.15, -0.1) is 0 Å². The quantitative estimate of drug-likeness (QED) is 0.760. The topological polar surface area (TPSA) is 20.2 Å². The first-order chi connectivity index (χ1) is 6.72. The maximum atomic E-state index is 8.85. The van der Waals surface area contributed by atoms with Crippen LogP contribution in [-0.2, 0) is 0 Å². The predicted molar refractivity (Wildman–Crippen MR) is 68.3 cm³/mol. The van der Waals surface area contributed by atoms with E-state index in [0.717, 1.165) is 17.2 Å². The van der Waals surface area contributed by atoms with Crippen LogP contribution in [-0.4, -0.2) is 21.4 Å². The number of aliphatic hydroxyl groups is 1. The molecule has 1 fully saturated rings. The number of hydrogen-bond acceptors (Lipinski definition) is 1. The first-order valence-corrected chi connectivity index (χ1v) is 7.44. The number of hydrogen-bond donors (Lipinski definition) is 1. The third-order valence-corrected chi connectivity index (χ3v) is 4.77. The summed E-state index contributed by atoms with van der Waals surface area (Å²) in [5, 5.41) is 8.85. The van der Waals surface area contributed by atoms with Gasteiger partial charge in [0.05, 0.1) is 6.61 Å². The molecular weight excluding hydrogens is 308 g/mol. The van der Waals surface area contributed by atoms with E-state index < -0.39 is 0 Å². The van der Waals surface area contributed by atoms with E-state index in [0.29, 0.717) is 4.83 Å². The van der Waals surface area contributed by atoms with Gasteiger partial charge in [-0.05, 0) is 38.0 Å². The lowest BCUT2D eigenvalue weighted by Gasteiger charge is -2.25. The summed E-state index contributed by atoms with van der Waals surface area (Å²) < 4.78 is 0. The minimum absolute atomic E-state index is 0.272. The van der Waals surface area contributed by atoms with E-state index in [4.69, 9.17) is 5.11 Å². The normalized spacial score (nSPS) is 30.2. The van der Waals surface area contributed by atoms with E-state index in [1.165, 1.54) is 38.5 Å². The Morgan fingerprint density at radius 2 is 1.86 bits per heavy atom. The van der Waals surface area contributed by atoms with Gasteiger partial charge in [-0.3, -0.25) is 0 Å². The minimum atomic E-state index is 0.272. The number of halogens is 2.